The van der Waals surface area contributed by atoms with Crippen molar-refractivity contribution in [3.05, 3.63) is 29.3 Å². The van der Waals surface area contributed by atoms with E-state index in [1.54, 1.807) is 4.90 Å². The van der Waals surface area contributed by atoms with Crippen molar-refractivity contribution in [3.63, 3.8) is 0 Å². The van der Waals surface area contributed by atoms with E-state index in [1.807, 2.05) is 52.8 Å². The molecule has 0 aromatic heterocycles. The number of benzene rings is 1. The summed E-state index contributed by atoms with van der Waals surface area (Å²) in [6.07, 6.45) is 0.460. The Balaban J connectivity index is 2.01. The summed E-state index contributed by atoms with van der Waals surface area (Å²) in [5.74, 6) is 0. The fourth-order valence-corrected chi connectivity index (χ4v) is 2.54. The zero-order valence-electron chi connectivity index (χ0n) is 15.1. The maximum absolute atomic E-state index is 12.2. The van der Waals surface area contributed by atoms with Gasteiger partial charge in [0.25, 0.3) is 0 Å². The predicted molar refractivity (Wildman–Crippen MR) is 94.1 cm³/mol. The van der Waals surface area contributed by atoms with Gasteiger partial charge in [-0.3, -0.25) is 0 Å². The van der Waals surface area contributed by atoms with E-state index in [-0.39, 0.29) is 18.2 Å². The number of amides is 3. The molecule has 0 fully saturated rings. The monoisotopic (exact) mass is 333 g/mol. The number of carbonyl (C=O) groups is 2. The molecule has 0 bridgehead atoms. The van der Waals surface area contributed by atoms with Gasteiger partial charge >= 0.3 is 12.1 Å². The van der Waals surface area contributed by atoms with Gasteiger partial charge in [-0.05, 0) is 64.3 Å². The van der Waals surface area contributed by atoms with Crippen molar-refractivity contribution in [1.82, 2.24) is 10.2 Å². The number of ether oxygens (including phenoxy) is 1. The van der Waals surface area contributed by atoms with Gasteiger partial charge in [0.15, 0.2) is 0 Å². The molecule has 0 atom stereocenters. The molecule has 1 aliphatic heterocycles. The molecular weight excluding hydrogens is 306 g/mol. The van der Waals surface area contributed by atoms with Gasteiger partial charge in [-0.1, -0.05) is 6.07 Å². The minimum absolute atomic E-state index is 0.0880. The number of anilines is 1. The van der Waals surface area contributed by atoms with Crippen LogP contribution in [0.4, 0.5) is 15.3 Å². The van der Waals surface area contributed by atoms with E-state index in [9.17, 15) is 9.59 Å². The number of hydrogen-bond acceptors (Lipinski definition) is 3. The fourth-order valence-electron chi connectivity index (χ4n) is 2.54. The Hall–Kier alpha value is -2.24. The number of urea groups is 1. The molecule has 3 amide bonds. The van der Waals surface area contributed by atoms with Crippen molar-refractivity contribution in [2.24, 2.45) is 0 Å². The summed E-state index contributed by atoms with van der Waals surface area (Å²) in [7, 11) is 0. The SMILES string of the molecule is CC(C)NC(=O)Nc1ccc2c(c1)CCN(C(=O)OC(C)(C)C)C2. The second kappa shape index (κ2) is 7.11. The molecule has 24 heavy (non-hydrogen) atoms. The van der Waals surface area contributed by atoms with Gasteiger partial charge in [0.2, 0.25) is 0 Å². The largest absolute Gasteiger partial charge is 0.444 e. The van der Waals surface area contributed by atoms with Crippen LogP contribution in [0, 0.1) is 0 Å². The van der Waals surface area contributed by atoms with Crippen LogP contribution in [0.5, 0.6) is 0 Å². The Labute approximate surface area is 143 Å². The number of rotatable bonds is 2. The highest BCUT2D eigenvalue weighted by Crippen LogP contribution is 2.24. The Morgan fingerprint density at radius 2 is 1.92 bits per heavy atom. The minimum Gasteiger partial charge on any atom is -0.444 e. The molecule has 0 aliphatic carbocycles. The van der Waals surface area contributed by atoms with Crippen LogP contribution in [0.3, 0.4) is 0 Å². The summed E-state index contributed by atoms with van der Waals surface area (Å²) >= 11 is 0. The van der Waals surface area contributed by atoms with E-state index < -0.39 is 5.60 Å². The molecule has 1 aromatic rings. The molecule has 2 rings (SSSR count). The first-order valence-electron chi connectivity index (χ1n) is 8.31. The van der Waals surface area contributed by atoms with E-state index in [4.69, 9.17) is 4.74 Å². The number of carbonyl (C=O) groups excluding carboxylic acids is 2. The topological polar surface area (TPSA) is 70.7 Å². The summed E-state index contributed by atoms with van der Waals surface area (Å²) in [4.78, 5) is 25.7. The lowest BCUT2D eigenvalue weighted by molar-refractivity contribution is 0.0224. The Morgan fingerprint density at radius 1 is 1.21 bits per heavy atom. The van der Waals surface area contributed by atoms with Gasteiger partial charge in [0, 0.05) is 24.8 Å². The predicted octanol–water partition coefficient (Wildman–Crippen LogP) is 3.51. The molecule has 1 aliphatic rings. The van der Waals surface area contributed by atoms with Gasteiger partial charge in [0.1, 0.15) is 5.60 Å². The van der Waals surface area contributed by atoms with Crippen LogP contribution in [0.1, 0.15) is 45.7 Å². The highest BCUT2D eigenvalue weighted by atomic mass is 16.6. The van der Waals surface area contributed by atoms with Gasteiger partial charge < -0.3 is 20.3 Å². The molecule has 1 aromatic carbocycles. The maximum atomic E-state index is 12.2. The minimum atomic E-state index is -0.491. The first kappa shape index (κ1) is 18.1. The van der Waals surface area contributed by atoms with Crippen molar-refractivity contribution in [3.8, 4) is 0 Å². The molecule has 1 heterocycles. The summed E-state index contributed by atoms with van der Waals surface area (Å²) in [5.41, 5.74) is 2.51. The molecule has 0 saturated carbocycles. The highest BCUT2D eigenvalue weighted by Gasteiger charge is 2.25. The van der Waals surface area contributed by atoms with Crippen molar-refractivity contribution in [2.45, 2.75) is 59.2 Å². The van der Waals surface area contributed by atoms with E-state index in [0.717, 1.165) is 23.2 Å². The average Bonchev–Trinajstić information content (AvgIpc) is 2.43. The summed E-state index contributed by atoms with van der Waals surface area (Å²) in [6, 6.07) is 5.66. The fraction of sp³-hybridized carbons (Fsp3) is 0.556. The summed E-state index contributed by atoms with van der Waals surface area (Å²) in [5, 5.41) is 5.63. The van der Waals surface area contributed by atoms with Crippen molar-refractivity contribution >= 4 is 17.8 Å². The lowest BCUT2D eigenvalue weighted by Gasteiger charge is -2.31. The third-order valence-electron chi connectivity index (χ3n) is 3.55. The second-order valence-corrected chi connectivity index (χ2v) is 7.39. The van der Waals surface area contributed by atoms with Crippen LogP contribution in [-0.4, -0.2) is 35.2 Å². The third-order valence-corrected chi connectivity index (χ3v) is 3.55. The zero-order valence-corrected chi connectivity index (χ0v) is 15.1. The number of nitrogens with zero attached hydrogens (tertiary/aromatic N) is 1. The molecule has 2 N–H and O–H groups in total. The van der Waals surface area contributed by atoms with E-state index in [2.05, 4.69) is 10.6 Å². The van der Waals surface area contributed by atoms with E-state index in [1.165, 1.54) is 0 Å². The Kier molecular flexibility index (Phi) is 5.36. The summed E-state index contributed by atoms with van der Waals surface area (Å²) in [6.45, 7) is 10.6. The first-order valence-corrected chi connectivity index (χ1v) is 8.31. The van der Waals surface area contributed by atoms with Crippen LogP contribution in [0.25, 0.3) is 0 Å². The molecule has 0 unspecified atom stereocenters. The number of hydrogen-bond donors (Lipinski definition) is 2. The lowest BCUT2D eigenvalue weighted by atomic mass is 9.99. The zero-order chi connectivity index (χ0) is 17.9. The summed E-state index contributed by atoms with van der Waals surface area (Å²) < 4.78 is 5.43. The van der Waals surface area contributed by atoms with E-state index in [0.29, 0.717) is 13.1 Å². The number of nitrogens with one attached hydrogen (secondary N) is 2. The second-order valence-electron chi connectivity index (χ2n) is 7.39. The van der Waals surface area contributed by atoms with Crippen LogP contribution < -0.4 is 10.6 Å². The van der Waals surface area contributed by atoms with Crippen LogP contribution in [0.15, 0.2) is 18.2 Å². The Morgan fingerprint density at radius 3 is 2.54 bits per heavy atom. The van der Waals surface area contributed by atoms with Crippen LogP contribution in [0.2, 0.25) is 0 Å². The molecular formula is C18H27N3O3. The third kappa shape index (κ3) is 5.15. The maximum Gasteiger partial charge on any atom is 0.410 e. The van der Waals surface area contributed by atoms with E-state index >= 15 is 0 Å². The van der Waals surface area contributed by atoms with Crippen molar-refractivity contribution in [2.75, 3.05) is 11.9 Å². The molecule has 0 radical (unpaired) electrons. The quantitative estimate of drug-likeness (QED) is 0.870. The van der Waals surface area contributed by atoms with Crippen molar-refractivity contribution < 1.29 is 14.3 Å². The van der Waals surface area contributed by atoms with Crippen molar-refractivity contribution in [1.29, 1.82) is 0 Å². The molecule has 0 saturated heterocycles. The lowest BCUT2D eigenvalue weighted by Crippen LogP contribution is -2.40. The van der Waals surface area contributed by atoms with Gasteiger partial charge in [-0.2, -0.15) is 0 Å². The van der Waals surface area contributed by atoms with Crippen LogP contribution in [-0.2, 0) is 17.7 Å². The Bertz CT molecular complexity index is 620. The highest BCUT2D eigenvalue weighted by molar-refractivity contribution is 5.89. The molecule has 6 heteroatoms. The van der Waals surface area contributed by atoms with Gasteiger partial charge in [-0.25, -0.2) is 9.59 Å². The molecule has 0 spiro atoms. The van der Waals surface area contributed by atoms with Crippen LogP contribution >= 0.6 is 0 Å². The first-order chi connectivity index (χ1) is 11.1. The van der Waals surface area contributed by atoms with Gasteiger partial charge in [0.05, 0.1) is 0 Å². The van der Waals surface area contributed by atoms with Gasteiger partial charge in [-0.15, -0.1) is 0 Å². The normalized spacial score (nSPS) is 14.2. The average molecular weight is 333 g/mol. The standard InChI is InChI=1S/C18H27N3O3/c1-12(2)19-16(22)20-15-7-6-14-11-21(9-8-13(14)10-15)17(23)24-18(3,4)5/h6-7,10,12H,8-9,11H2,1-5H3,(H2,19,20,22). The molecule has 6 nitrogen and oxygen atoms in total. The smallest absolute Gasteiger partial charge is 0.410 e. The molecule has 132 valence electrons. The number of fused-ring (bicyclic) bond motifs is 1.